The van der Waals surface area contributed by atoms with Crippen molar-refractivity contribution in [2.45, 2.75) is 44.9 Å². The highest BCUT2D eigenvalue weighted by Gasteiger charge is 2.50. The third-order valence-electron chi connectivity index (χ3n) is 4.44. The summed E-state index contributed by atoms with van der Waals surface area (Å²) in [5, 5.41) is 4.43. The van der Waals surface area contributed by atoms with Crippen LogP contribution in [0.4, 0.5) is 4.79 Å². The van der Waals surface area contributed by atoms with Crippen LogP contribution in [0, 0.1) is 5.41 Å². The highest BCUT2D eigenvalue weighted by Crippen LogP contribution is 2.54. The molecule has 2 aliphatic rings. The van der Waals surface area contributed by atoms with Crippen LogP contribution < -0.4 is 5.32 Å². The zero-order valence-electron chi connectivity index (χ0n) is 13.6. The van der Waals surface area contributed by atoms with Gasteiger partial charge < -0.3 is 5.32 Å². The average molecular weight is 316 g/mol. The van der Waals surface area contributed by atoms with E-state index in [0.29, 0.717) is 0 Å². The number of carbonyl (C=O) groups excluding carboxylic acids is 1. The predicted octanol–water partition coefficient (Wildman–Crippen LogP) is 4.67. The third kappa shape index (κ3) is 2.54. The number of hydrogen-bond acceptors (Lipinski definition) is 2. The van der Waals surface area contributed by atoms with E-state index in [9.17, 15) is 4.79 Å². The molecule has 2 amide bonds. The number of fused-ring (bicyclic) bond motifs is 1. The van der Waals surface area contributed by atoms with Crippen LogP contribution in [-0.4, -0.2) is 17.5 Å². The van der Waals surface area contributed by atoms with Gasteiger partial charge in [-0.05, 0) is 30.2 Å². The number of thioether (sulfide) groups is 1. The van der Waals surface area contributed by atoms with Gasteiger partial charge in [-0.3, -0.25) is 4.90 Å². The number of allylic oxidation sites excluding steroid dienone is 1. The summed E-state index contributed by atoms with van der Waals surface area (Å²) in [4.78, 5) is 14.3. The second-order valence-electron chi connectivity index (χ2n) is 7.02. The van der Waals surface area contributed by atoms with Gasteiger partial charge in [-0.15, -0.1) is 0 Å². The van der Waals surface area contributed by atoms with Crippen molar-refractivity contribution < 1.29 is 4.79 Å². The molecule has 1 N–H and O–H groups in total. The molecule has 22 heavy (non-hydrogen) atoms. The summed E-state index contributed by atoms with van der Waals surface area (Å²) in [6.45, 7) is 7.40. The van der Waals surface area contributed by atoms with Crippen molar-refractivity contribution in [3.63, 3.8) is 0 Å². The molecule has 2 aliphatic heterocycles. The first kappa shape index (κ1) is 15.5. The SMILES string of the molecule is CC(C)(C)C1(c2ccccc2)NC(=O)N2CCCCC=C2S1. The number of urea groups is 1. The van der Waals surface area contributed by atoms with Gasteiger partial charge in [-0.25, -0.2) is 4.79 Å². The smallest absolute Gasteiger partial charge is 0.318 e. The molecule has 0 radical (unpaired) electrons. The van der Waals surface area contributed by atoms with Gasteiger partial charge in [-0.1, -0.05) is 68.9 Å². The standard InChI is InChI=1S/C18H24N2OS/c1-17(2,3)18(14-10-6-4-7-11-14)19-16(21)20-13-9-5-8-12-15(20)22-18/h4,6-7,10-12H,5,8-9,13H2,1-3H3,(H,19,21). The first-order chi connectivity index (χ1) is 10.4. The van der Waals surface area contributed by atoms with E-state index >= 15 is 0 Å². The zero-order valence-corrected chi connectivity index (χ0v) is 14.4. The maximum absolute atomic E-state index is 12.8. The fourth-order valence-corrected chi connectivity index (χ4v) is 4.63. The molecule has 4 heteroatoms. The molecule has 1 unspecified atom stereocenters. The first-order valence-corrected chi connectivity index (χ1v) is 8.80. The molecule has 1 aromatic rings. The summed E-state index contributed by atoms with van der Waals surface area (Å²) in [5.74, 6) is 0. The van der Waals surface area contributed by atoms with Crippen LogP contribution in [0.5, 0.6) is 0 Å². The summed E-state index contributed by atoms with van der Waals surface area (Å²) < 4.78 is 0. The molecule has 2 heterocycles. The van der Waals surface area contributed by atoms with Crippen LogP contribution in [0.3, 0.4) is 0 Å². The maximum atomic E-state index is 12.8. The average Bonchev–Trinajstić information content (AvgIpc) is 2.72. The maximum Gasteiger partial charge on any atom is 0.323 e. The topological polar surface area (TPSA) is 32.3 Å². The lowest BCUT2D eigenvalue weighted by atomic mass is 9.81. The third-order valence-corrected chi connectivity index (χ3v) is 6.30. The molecule has 3 rings (SSSR count). The largest absolute Gasteiger partial charge is 0.323 e. The molecule has 118 valence electrons. The Hall–Kier alpha value is -1.42. The minimum atomic E-state index is -0.433. The van der Waals surface area contributed by atoms with Crippen molar-refractivity contribution in [1.82, 2.24) is 10.2 Å². The molecule has 0 bridgehead atoms. The monoisotopic (exact) mass is 316 g/mol. The van der Waals surface area contributed by atoms with Crippen LogP contribution in [0.15, 0.2) is 41.4 Å². The normalized spacial score (nSPS) is 25.9. The lowest BCUT2D eigenvalue weighted by Gasteiger charge is -2.50. The van der Waals surface area contributed by atoms with Crippen molar-refractivity contribution >= 4 is 17.8 Å². The zero-order chi connectivity index (χ0) is 15.8. The van der Waals surface area contributed by atoms with E-state index in [0.717, 1.165) is 36.4 Å². The summed E-state index contributed by atoms with van der Waals surface area (Å²) >= 11 is 1.80. The van der Waals surface area contributed by atoms with Gasteiger partial charge in [0.1, 0.15) is 4.87 Å². The minimum absolute atomic E-state index is 0.0330. The number of carbonyl (C=O) groups is 1. The summed E-state index contributed by atoms with van der Waals surface area (Å²) in [5.41, 5.74) is 1.05. The highest BCUT2D eigenvalue weighted by atomic mass is 32.2. The molecule has 0 saturated carbocycles. The lowest BCUT2D eigenvalue weighted by Crippen LogP contribution is -2.59. The van der Waals surface area contributed by atoms with E-state index in [4.69, 9.17) is 0 Å². The summed E-state index contributed by atoms with van der Waals surface area (Å²) in [7, 11) is 0. The summed E-state index contributed by atoms with van der Waals surface area (Å²) in [6, 6.07) is 10.4. The van der Waals surface area contributed by atoms with Crippen molar-refractivity contribution in [2.75, 3.05) is 6.54 Å². The highest BCUT2D eigenvalue weighted by molar-refractivity contribution is 8.04. The van der Waals surface area contributed by atoms with E-state index in [1.807, 2.05) is 23.1 Å². The number of amides is 2. The van der Waals surface area contributed by atoms with E-state index in [1.165, 1.54) is 0 Å². The Morgan fingerprint density at radius 3 is 2.59 bits per heavy atom. The van der Waals surface area contributed by atoms with Gasteiger partial charge in [0.2, 0.25) is 0 Å². The number of rotatable bonds is 1. The molecule has 1 saturated heterocycles. The Kier molecular flexibility index (Phi) is 3.98. The lowest BCUT2D eigenvalue weighted by molar-refractivity contribution is 0.176. The molecule has 0 aliphatic carbocycles. The van der Waals surface area contributed by atoms with Crippen molar-refractivity contribution in [2.24, 2.45) is 5.41 Å². The van der Waals surface area contributed by atoms with Crippen molar-refractivity contribution in [3.05, 3.63) is 47.0 Å². The molecule has 1 aromatic carbocycles. The molecular formula is C18H24N2OS. The number of nitrogens with zero attached hydrogens (tertiary/aromatic N) is 1. The van der Waals surface area contributed by atoms with Gasteiger partial charge in [0.15, 0.2) is 0 Å². The van der Waals surface area contributed by atoms with Crippen LogP contribution in [-0.2, 0) is 4.87 Å². The second-order valence-corrected chi connectivity index (χ2v) is 8.25. The predicted molar refractivity (Wildman–Crippen MR) is 92.3 cm³/mol. The molecule has 0 spiro atoms. The number of hydrogen-bond donors (Lipinski definition) is 1. The van der Waals surface area contributed by atoms with Gasteiger partial charge >= 0.3 is 6.03 Å². The minimum Gasteiger partial charge on any atom is -0.318 e. The Labute approximate surface area is 137 Å². The van der Waals surface area contributed by atoms with Gasteiger partial charge in [0.05, 0.1) is 5.03 Å². The van der Waals surface area contributed by atoms with E-state index in [-0.39, 0.29) is 11.4 Å². The second kappa shape index (κ2) is 5.65. The molecule has 0 aromatic heterocycles. The fourth-order valence-electron chi connectivity index (χ4n) is 3.14. The number of benzene rings is 1. The van der Waals surface area contributed by atoms with Gasteiger partial charge in [0.25, 0.3) is 0 Å². The van der Waals surface area contributed by atoms with Crippen LogP contribution >= 0.6 is 11.8 Å². The Balaban J connectivity index is 2.08. The van der Waals surface area contributed by atoms with E-state index in [1.54, 1.807) is 11.8 Å². The van der Waals surface area contributed by atoms with Crippen LogP contribution in [0.1, 0.15) is 45.6 Å². The molecule has 1 fully saturated rings. The first-order valence-electron chi connectivity index (χ1n) is 7.98. The Bertz CT molecular complexity index is 591. The van der Waals surface area contributed by atoms with Gasteiger partial charge in [-0.2, -0.15) is 0 Å². The van der Waals surface area contributed by atoms with Gasteiger partial charge in [0, 0.05) is 6.54 Å². The number of nitrogens with one attached hydrogen (secondary N) is 1. The Morgan fingerprint density at radius 2 is 1.91 bits per heavy atom. The quantitative estimate of drug-likeness (QED) is 0.816. The van der Waals surface area contributed by atoms with Crippen LogP contribution in [0.2, 0.25) is 0 Å². The summed E-state index contributed by atoms with van der Waals surface area (Å²) in [6.07, 6.45) is 5.52. The fraction of sp³-hybridized carbons (Fsp3) is 0.500. The Morgan fingerprint density at radius 1 is 1.18 bits per heavy atom. The molecule has 1 atom stereocenters. The van der Waals surface area contributed by atoms with Crippen LogP contribution in [0.25, 0.3) is 0 Å². The van der Waals surface area contributed by atoms with Crippen molar-refractivity contribution in [1.29, 1.82) is 0 Å². The molecular weight excluding hydrogens is 292 g/mol. The van der Waals surface area contributed by atoms with Crippen molar-refractivity contribution in [3.8, 4) is 0 Å². The van der Waals surface area contributed by atoms with E-state index < -0.39 is 4.87 Å². The molecule has 3 nitrogen and oxygen atoms in total. The van der Waals surface area contributed by atoms with E-state index in [2.05, 4.69) is 44.3 Å².